The van der Waals surface area contributed by atoms with Crippen LogP contribution < -0.4 is 0 Å². The predicted octanol–water partition coefficient (Wildman–Crippen LogP) is 11.8. The number of esters is 1. The van der Waals surface area contributed by atoms with Crippen LogP contribution in [0.3, 0.4) is 0 Å². The molecule has 0 aromatic carbocycles. The van der Waals surface area contributed by atoms with Gasteiger partial charge < -0.3 is 18.6 Å². The molecule has 1 heterocycles. The summed E-state index contributed by atoms with van der Waals surface area (Å²) in [6.45, 7) is 26.4. The molecule has 1 rings (SSSR count). The lowest BCUT2D eigenvalue weighted by atomic mass is 9.73. The number of aryl methyl sites for hydroxylation is 1. The van der Waals surface area contributed by atoms with E-state index in [1.807, 2.05) is 45.2 Å². The Bertz CT molecular complexity index is 1390. The molecule has 0 saturated heterocycles. The van der Waals surface area contributed by atoms with E-state index in [1.165, 1.54) is 0 Å². The van der Waals surface area contributed by atoms with Gasteiger partial charge in [0.1, 0.15) is 24.6 Å². The molecule has 52 heavy (non-hydrogen) atoms. The van der Waals surface area contributed by atoms with E-state index in [1.54, 1.807) is 38.2 Å². The van der Waals surface area contributed by atoms with Crippen molar-refractivity contribution in [2.45, 2.75) is 135 Å². The van der Waals surface area contributed by atoms with Crippen LogP contribution in [0.4, 0.5) is 4.79 Å². The third-order valence-corrected chi connectivity index (χ3v) is 15.4. The van der Waals surface area contributed by atoms with Crippen molar-refractivity contribution in [2.75, 3.05) is 6.61 Å². The average Bonchev–Trinajstić information content (AvgIpc) is 3.49. The Morgan fingerprint density at radius 1 is 1.00 bits per heavy atom. The largest absolute Gasteiger partial charge is 0.508 e. The van der Waals surface area contributed by atoms with Crippen molar-refractivity contribution in [3.63, 3.8) is 0 Å². The maximum Gasteiger partial charge on any atom is 0.508 e. The fraction of sp³-hybridized carbons (Fsp3) is 0.641. The molecule has 294 valence electrons. The summed E-state index contributed by atoms with van der Waals surface area (Å²) in [5.41, 5.74) is 1.57. The van der Waals surface area contributed by atoms with Gasteiger partial charge in [-0.2, -0.15) is 0 Å². The van der Waals surface area contributed by atoms with Crippen LogP contribution in [0, 0.1) is 24.2 Å². The fourth-order valence-corrected chi connectivity index (χ4v) is 9.83. The second kappa shape index (κ2) is 22.4. The zero-order chi connectivity index (χ0) is 39.9. The summed E-state index contributed by atoms with van der Waals surface area (Å²) in [6.07, 6.45) is 5.69. The summed E-state index contributed by atoms with van der Waals surface area (Å²) in [5, 5.41) is 2.91. The van der Waals surface area contributed by atoms with Crippen molar-refractivity contribution < 1.29 is 33.0 Å². The lowest BCUT2D eigenvalue weighted by Gasteiger charge is -2.42. The minimum atomic E-state index is -2.36. The number of Topliss-reactive ketones (excluding diaryl/α,β-unsaturated/α-hetero) is 1. The number of ether oxygens (including phenoxy) is 3. The molecule has 0 N–H and O–H groups in total. The highest BCUT2D eigenvalue weighted by atomic mass is 35.6. The molecule has 13 heteroatoms. The SMILES string of the molecule is C=CC/C(C)=C/C[C@H](OC(=O)C[C@H](O[Si](CC)(CC)CC)C(C)(C)C(=O)[C@H](C)[C@@H](OC(=O)OCC(Cl)(Cl)Cl)[C@@H](C)CC=C)/C(C)=C/c1csc(C)n1. The van der Waals surface area contributed by atoms with Gasteiger partial charge in [-0.1, -0.05) is 107 Å². The number of ketones is 1. The molecule has 0 spiro atoms. The van der Waals surface area contributed by atoms with Crippen LogP contribution in [0.1, 0.15) is 98.7 Å². The smallest absolute Gasteiger partial charge is 0.457 e. The molecule has 0 aliphatic carbocycles. The Balaban J connectivity index is 3.55. The van der Waals surface area contributed by atoms with Gasteiger partial charge in [0.05, 0.1) is 29.1 Å². The number of carbonyl (C=O) groups is 3. The van der Waals surface area contributed by atoms with Crippen molar-refractivity contribution in [3.8, 4) is 0 Å². The Hall–Kier alpha value is -1.95. The molecule has 0 fully saturated rings. The third-order valence-electron chi connectivity index (χ3n) is 9.65. The summed E-state index contributed by atoms with van der Waals surface area (Å²) in [4.78, 5) is 45.9. The maximum absolute atomic E-state index is 14.6. The molecule has 0 saturated carbocycles. The first-order valence-electron chi connectivity index (χ1n) is 18.0. The van der Waals surface area contributed by atoms with Gasteiger partial charge in [0, 0.05) is 17.2 Å². The van der Waals surface area contributed by atoms with Crippen LogP contribution >= 0.6 is 46.1 Å². The number of hydrogen-bond acceptors (Lipinski definition) is 9. The third kappa shape index (κ3) is 15.8. The highest BCUT2D eigenvalue weighted by Crippen LogP contribution is 2.38. The molecule has 8 nitrogen and oxygen atoms in total. The minimum absolute atomic E-state index is 0.145. The van der Waals surface area contributed by atoms with Crippen molar-refractivity contribution in [2.24, 2.45) is 17.3 Å². The molecular formula is C39H60Cl3NO7SSi. The van der Waals surface area contributed by atoms with Crippen LogP contribution in [0.2, 0.25) is 18.1 Å². The zero-order valence-electron chi connectivity index (χ0n) is 32.7. The van der Waals surface area contributed by atoms with Crippen molar-refractivity contribution in [3.05, 3.63) is 58.6 Å². The van der Waals surface area contributed by atoms with Gasteiger partial charge in [-0.15, -0.1) is 24.5 Å². The lowest BCUT2D eigenvalue weighted by Crippen LogP contribution is -2.52. The second-order valence-electron chi connectivity index (χ2n) is 14.1. The van der Waals surface area contributed by atoms with Gasteiger partial charge in [0.2, 0.25) is 3.79 Å². The molecule has 0 aliphatic heterocycles. The summed E-state index contributed by atoms with van der Waals surface area (Å²) in [6, 6.07) is 2.44. The number of hydrogen-bond donors (Lipinski definition) is 0. The van der Waals surface area contributed by atoms with E-state index in [9.17, 15) is 14.4 Å². The highest BCUT2D eigenvalue weighted by molar-refractivity contribution is 7.09. The number of nitrogens with zero attached hydrogens (tertiary/aromatic N) is 1. The molecule has 0 aliphatic rings. The van der Waals surface area contributed by atoms with Gasteiger partial charge in [-0.05, 0) is 69.3 Å². The molecule has 1 aromatic heterocycles. The molecule has 0 bridgehead atoms. The summed E-state index contributed by atoms with van der Waals surface area (Å²) >= 11 is 18.8. The van der Waals surface area contributed by atoms with Crippen molar-refractivity contribution >= 4 is 78.4 Å². The molecular weight excluding hydrogens is 761 g/mol. The Morgan fingerprint density at radius 3 is 2.12 bits per heavy atom. The summed E-state index contributed by atoms with van der Waals surface area (Å²) in [5.74, 6) is -1.83. The van der Waals surface area contributed by atoms with Crippen LogP contribution in [0.5, 0.6) is 0 Å². The molecule has 0 amide bonds. The minimum Gasteiger partial charge on any atom is -0.457 e. The molecule has 5 atom stereocenters. The van der Waals surface area contributed by atoms with Gasteiger partial charge in [-0.25, -0.2) is 9.78 Å². The van der Waals surface area contributed by atoms with E-state index in [0.717, 1.165) is 46.4 Å². The number of rotatable bonds is 23. The normalized spacial score (nSPS) is 15.9. The Morgan fingerprint density at radius 2 is 1.62 bits per heavy atom. The number of alkyl halides is 3. The standard InChI is InChI=1S/C39H60Cl3NO7SSi/c1-13-18-26(6)20-21-32(28(8)22-31-24-51-30(10)43-31)48-34(44)23-33(50-52(15-3,16-4)17-5)38(11,12)36(45)29(9)35(27(7)19-14-2)49-37(46)47-25-39(40,41)42/h13-14,20,22,24,27,29,32-33,35H,1-2,15-19,21,23,25H2,3-12H3/b26-20+,28-22+/t27-,29+,32-,33-,35-/m0/s1. The van der Waals surface area contributed by atoms with Crippen LogP contribution in [0.15, 0.2) is 47.9 Å². The summed E-state index contributed by atoms with van der Waals surface area (Å²) in [7, 11) is -2.36. The number of aromatic nitrogens is 1. The first kappa shape index (κ1) is 48.1. The van der Waals surface area contributed by atoms with E-state index in [4.69, 9.17) is 53.4 Å². The molecule has 0 radical (unpaired) electrons. The fourth-order valence-electron chi connectivity index (χ4n) is 6.11. The first-order valence-corrected chi connectivity index (χ1v) is 22.5. The number of carbonyl (C=O) groups excluding carboxylic acids is 3. The van der Waals surface area contributed by atoms with Gasteiger partial charge in [0.15, 0.2) is 8.32 Å². The topological polar surface area (TPSA) is 101 Å². The van der Waals surface area contributed by atoms with Gasteiger partial charge >= 0.3 is 12.1 Å². The van der Waals surface area contributed by atoms with Crippen LogP contribution in [-0.2, 0) is 28.2 Å². The quantitative estimate of drug-likeness (QED) is 0.0465. The van der Waals surface area contributed by atoms with E-state index in [0.29, 0.717) is 12.8 Å². The van der Waals surface area contributed by atoms with Crippen molar-refractivity contribution in [1.29, 1.82) is 0 Å². The second-order valence-corrected chi connectivity index (χ2v) is 22.4. The molecule has 1 aromatic rings. The Labute approximate surface area is 332 Å². The van der Waals surface area contributed by atoms with Gasteiger partial charge in [0.25, 0.3) is 0 Å². The average molecular weight is 821 g/mol. The number of thiazole rings is 1. The van der Waals surface area contributed by atoms with E-state index in [2.05, 4.69) is 45.0 Å². The zero-order valence-corrected chi connectivity index (χ0v) is 36.8. The predicted molar refractivity (Wildman–Crippen MR) is 219 cm³/mol. The van der Waals surface area contributed by atoms with E-state index < -0.39 is 60.5 Å². The first-order chi connectivity index (χ1) is 24.2. The van der Waals surface area contributed by atoms with Crippen molar-refractivity contribution in [1.82, 2.24) is 4.98 Å². The summed E-state index contributed by atoms with van der Waals surface area (Å²) < 4.78 is 22.1. The van der Waals surface area contributed by atoms with Crippen LogP contribution in [0.25, 0.3) is 6.08 Å². The lowest BCUT2D eigenvalue weighted by molar-refractivity contribution is -0.153. The number of allylic oxidation sites excluding steroid dienone is 3. The molecule has 0 unspecified atom stereocenters. The Kier molecular flexibility index (Phi) is 20.7. The highest BCUT2D eigenvalue weighted by Gasteiger charge is 2.47. The van der Waals surface area contributed by atoms with E-state index >= 15 is 0 Å². The van der Waals surface area contributed by atoms with Gasteiger partial charge in [-0.3, -0.25) is 9.59 Å². The number of halogens is 3. The monoisotopic (exact) mass is 819 g/mol. The van der Waals surface area contributed by atoms with E-state index in [-0.39, 0.29) is 18.1 Å². The van der Waals surface area contributed by atoms with Crippen LogP contribution in [-0.4, -0.2) is 59.9 Å². The maximum atomic E-state index is 14.6.